The van der Waals surface area contributed by atoms with Crippen LogP contribution >= 0.6 is 0 Å². The second-order valence-corrected chi connectivity index (χ2v) is 5.55. The molecule has 2 heterocycles. The lowest BCUT2D eigenvalue weighted by Crippen LogP contribution is -2.31. The second-order valence-electron chi connectivity index (χ2n) is 5.55. The molecule has 0 aromatic carbocycles. The molecule has 0 saturated carbocycles. The van der Waals surface area contributed by atoms with E-state index in [0.717, 1.165) is 37.1 Å². The average molecular weight is 293 g/mol. The van der Waals surface area contributed by atoms with Crippen LogP contribution in [0.4, 0.5) is 11.6 Å². The molecule has 1 atom stereocenters. The van der Waals surface area contributed by atoms with Crippen LogP contribution in [-0.2, 0) is 11.3 Å². The first-order valence-corrected chi connectivity index (χ1v) is 7.75. The van der Waals surface area contributed by atoms with Crippen LogP contribution in [0.25, 0.3) is 0 Å². The van der Waals surface area contributed by atoms with E-state index < -0.39 is 0 Å². The number of aromatic nitrogens is 2. The molecule has 1 aliphatic heterocycles. The lowest BCUT2D eigenvalue weighted by Gasteiger charge is -2.22. The van der Waals surface area contributed by atoms with E-state index in [4.69, 9.17) is 4.74 Å². The summed E-state index contributed by atoms with van der Waals surface area (Å²) in [5.41, 5.74) is 0. The zero-order valence-corrected chi connectivity index (χ0v) is 13.6. The maximum absolute atomic E-state index is 5.45. The molecule has 0 spiro atoms. The summed E-state index contributed by atoms with van der Waals surface area (Å²) in [5.74, 6) is 2.63. The van der Waals surface area contributed by atoms with Crippen molar-refractivity contribution in [3.8, 4) is 0 Å². The summed E-state index contributed by atoms with van der Waals surface area (Å²) >= 11 is 0. The summed E-state index contributed by atoms with van der Waals surface area (Å²) < 4.78 is 5.45. The minimum absolute atomic E-state index is 0.466. The van der Waals surface area contributed by atoms with E-state index in [9.17, 15) is 0 Å². The third kappa shape index (κ3) is 4.28. The summed E-state index contributed by atoms with van der Waals surface area (Å²) in [5, 5.41) is 3.28. The number of hydrogen-bond acceptors (Lipinski definition) is 6. The van der Waals surface area contributed by atoms with E-state index in [1.54, 1.807) is 0 Å². The van der Waals surface area contributed by atoms with Gasteiger partial charge in [0.05, 0.1) is 0 Å². The van der Waals surface area contributed by atoms with Gasteiger partial charge in [-0.3, -0.25) is 0 Å². The van der Waals surface area contributed by atoms with Crippen LogP contribution in [-0.4, -0.2) is 61.2 Å². The van der Waals surface area contributed by atoms with Gasteiger partial charge in [-0.25, -0.2) is 9.97 Å². The minimum atomic E-state index is 0.466. The second kappa shape index (κ2) is 7.56. The van der Waals surface area contributed by atoms with Gasteiger partial charge in [-0.15, -0.1) is 0 Å². The Labute approximate surface area is 127 Å². The van der Waals surface area contributed by atoms with Gasteiger partial charge in [-0.2, -0.15) is 0 Å². The maximum atomic E-state index is 5.45. The van der Waals surface area contributed by atoms with Gasteiger partial charge >= 0.3 is 0 Å². The van der Waals surface area contributed by atoms with Crippen LogP contribution in [0, 0.1) is 0 Å². The molecule has 1 saturated heterocycles. The molecular formula is C15H27N5O. The lowest BCUT2D eigenvalue weighted by atomic mass is 10.2. The third-order valence-electron chi connectivity index (χ3n) is 3.77. The number of likely N-dealkylation sites (N-methyl/N-ethyl adjacent to an activating group) is 1. The smallest absolute Gasteiger partial charge is 0.158 e. The highest BCUT2D eigenvalue weighted by Gasteiger charge is 2.25. The van der Waals surface area contributed by atoms with Crippen molar-refractivity contribution in [2.45, 2.75) is 32.9 Å². The highest BCUT2D eigenvalue weighted by Crippen LogP contribution is 2.22. The number of hydrogen-bond donors (Lipinski definition) is 1. The van der Waals surface area contributed by atoms with E-state index in [2.05, 4.69) is 46.1 Å². The van der Waals surface area contributed by atoms with Crippen LogP contribution in [0.5, 0.6) is 0 Å². The summed E-state index contributed by atoms with van der Waals surface area (Å²) in [6, 6.07) is 2.63. The summed E-state index contributed by atoms with van der Waals surface area (Å²) in [7, 11) is 4.28. The molecule has 1 unspecified atom stereocenters. The van der Waals surface area contributed by atoms with Gasteiger partial charge in [-0.05, 0) is 34.4 Å². The predicted molar refractivity (Wildman–Crippen MR) is 85.8 cm³/mol. The first kappa shape index (κ1) is 16.0. The van der Waals surface area contributed by atoms with Crippen LogP contribution < -0.4 is 10.2 Å². The fourth-order valence-electron chi connectivity index (χ4n) is 2.55. The Morgan fingerprint density at radius 2 is 2.19 bits per heavy atom. The summed E-state index contributed by atoms with van der Waals surface area (Å²) in [4.78, 5) is 13.8. The van der Waals surface area contributed by atoms with Crippen molar-refractivity contribution in [2.75, 3.05) is 50.6 Å². The Hall–Kier alpha value is -1.40. The van der Waals surface area contributed by atoms with Crippen molar-refractivity contribution in [3.05, 3.63) is 11.9 Å². The van der Waals surface area contributed by atoms with Gasteiger partial charge in [0.15, 0.2) is 5.82 Å². The van der Waals surface area contributed by atoms with Crippen LogP contribution in [0.15, 0.2) is 6.07 Å². The van der Waals surface area contributed by atoms with Gasteiger partial charge in [0, 0.05) is 38.3 Å². The first-order valence-electron chi connectivity index (χ1n) is 7.75. The van der Waals surface area contributed by atoms with Crippen molar-refractivity contribution in [3.63, 3.8) is 0 Å². The molecule has 118 valence electrons. The number of nitrogens with one attached hydrogen (secondary N) is 1. The van der Waals surface area contributed by atoms with Crippen molar-refractivity contribution < 1.29 is 4.74 Å². The van der Waals surface area contributed by atoms with Crippen molar-refractivity contribution >= 4 is 11.6 Å². The molecule has 0 aliphatic carbocycles. The van der Waals surface area contributed by atoms with E-state index in [0.29, 0.717) is 19.3 Å². The number of ether oxygens (including phenoxy) is 1. The average Bonchev–Trinajstić information content (AvgIpc) is 2.95. The molecule has 1 aromatic heterocycles. The van der Waals surface area contributed by atoms with E-state index >= 15 is 0 Å². The van der Waals surface area contributed by atoms with Crippen molar-refractivity contribution in [1.29, 1.82) is 0 Å². The molecular weight excluding hydrogens is 266 g/mol. The standard InChI is InChI=1S/C15H27N5O/c1-5-16-13-9-15(18-14(17-13)11-21-6-2)20-8-7-12(10-20)19(3)4/h9,12H,5-8,10-11H2,1-4H3,(H,16,17,18). The van der Waals surface area contributed by atoms with Crippen LogP contribution in [0.2, 0.25) is 0 Å². The van der Waals surface area contributed by atoms with Crippen LogP contribution in [0.3, 0.4) is 0 Å². The summed E-state index contributed by atoms with van der Waals surface area (Å²) in [6.07, 6.45) is 1.17. The molecule has 1 N–H and O–H groups in total. The minimum Gasteiger partial charge on any atom is -0.374 e. The van der Waals surface area contributed by atoms with Crippen molar-refractivity contribution in [1.82, 2.24) is 14.9 Å². The Kier molecular flexibility index (Phi) is 5.76. The highest BCUT2D eigenvalue weighted by atomic mass is 16.5. The van der Waals surface area contributed by atoms with E-state index in [1.807, 2.05) is 13.0 Å². The Balaban J connectivity index is 2.15. The molecule has 0 amide bonds. The monoisotopic (exact) mass is 293 g/mol. The molecule has 1 fully saturated rings. The van der Waals surface area contributed by atoms with Gasteiger partial charge in [-0.1, -0.05) is 0 Å². The highest BCUT2D eigenvalue weighted by molar-refractivity contribution is 5.50. The topological polar surface area (TPSA) is 53.5 Å². The molecule has 0 radical (unpaired) electrons. The molecule has 0 bridgehead atoms. The van der Waals surface area contributed by atoms with E-state index in [1.165, 1.54) is 6.42 Å². The fourth-order valence-corrected chi connectivity index (χ4v) is 2.55. The van der Waals surface area contributed by atoms with Crippen molar-refractivity contribution in [2.24, 2.45) is 0 Å². The van der Waals surface area contributed by atoms with Crippen LogP contribution in [0.1, 0.15) is 26.1 Å². The normalized spacial score (nSPS) is 18.5. The first-order chi connectivity index (χ1) is 10.1. The van der Waals surface area contributed by atoms with Gasteiger partial charge in [0.1, 0.15) is 18.2 Å². The largest absolute Gasteiger partial charge is 0.374 e. The Bertz CT molecular complexity index is 452. The Morgan fingerprint density at radius 3 is 2.81 bits per heavy atom. The number of anilines is 2. The molecule has 2 rings (SSSR count). The zero-order valence-electron chi connectivity index (χ0n) is 13.6. The lowest BCUT2D eigenvalue weighted by molar-refractivity contribution is 0.128. The molecule has 1 aromatic rings. The summed E-state index contributed by atoms with van der Waals surface area (Å²) in [6.45, 7) is 8.11. The number of nitrogens with zero attached hydrogens (tertiary/aromatic N) is 4. The fraction of sp³-hybridized carbons (Fsp3) is 0.733. The quantitative estimate of drug-likeness (QED) is 0.824. The zero-order chi connectivity index (χ0) is 15.2. The molecule has 6 heteroatoms. The molecule has 6 nitrogen and oxygen atoms in total. The third-order valence-corrected chi connectivity index (χ3v) is 3.77. The van der Waals surface area contributed by atoms with E-state index in [-0.39, 0.29) is 0 Å². The SMILES string of the molecule is CCNc1cc(N2CCC(N(C)C)C2)nc(COCC)n1. The molecule has 21 heavy (non-hydrogen) atoms. The van der Waals surface area contributed by atoms with Gasteiger partial charge < -0.3 is 19.9 Å². The maximum Gasteiger partial charge on any atom is 0.158 e. The Morgan fingerprint density at radius 1 is 1.38 bits per heavy atom. The van der Waals surface area contributed by atoms with Gasteiger partial charge in [0.25, 0.3) is 0 Å². The predicted octanol–water partition coefficient (Wildman–Crippen LogP) is 1.59. The van der Waals surface area contributed by atoms with Gasteiger partial charge in [0.2, 0.25) is 0 Å². The number of rotatable bonds is 7. The molecule has 1 aliphatic rings.